The van der Waals surface area contributed by atoms with Crippen LogP contribution in [0.25, 0.3) is 0 Å². The van der Waals surface area contributed by atoms with Gasteiger partial charge in [-0.15, -0.1) is 0 Å². The molecule has 0 radical (unpaired) electrons. The van der Waals surface area contributed by atoms with Crippen molar-refractivity contribution in [3.63, 3.8) is 0 Å². The monoisotopic (exact) mass is 261 g/mol. The van der Waals surface area contributed by atoms with Crippen LogP contribution in [-0.4, -0.2) is 28.9 Å². The molecular formula is C14H23N5. The van der Waals surface area contributed by atoms with E-state index in [2.05, 4.69) is 28.7 Å². The lowest BCUT2D eigenvalue weighted by molar-refractivity contribution is 0.199. The van der Waals surface area contributed by atoms with Gasteiger partial charge in [0.2, 0.25) is 0 Å². The molecule has 19 heavy (non-hydrogen) atoms. The highest BCUT2D eigenvalue weighted by Crippen LogP contribution is 2.38. The highest BCUT2D eigenvalue weighted by molar-refractivity contribution is 5.97. The molecule has 2 heterocycles. The number of hydrogen-bond acceptors (Lipinski definition) is 4. The Hall–Kier alpha value is -1.65. The minimum atomic E-state index is -0.00841. The second-order valence-corrected chi connectivity index (χ2v) is 5.34. The van der Waals surface area contributed by atoms with Crippen molar-refractivity contribution in [2.24, 2.45) is 11.1 Å². The molecular weight excluding hydrogens is 238 g/mol. The highest BCUT2D eigenvalue weighted by Gasteiger charge is 2.32. The van der Waals surface area contributed by atoms with Crippen LogP contribution in [-0.2, 0) is 0 Å². The zero-order valence-electron chi connectivity index (χ0n) is 11.8. The normalized spacial score (nSPS) is 18.3. The first-order valence-electron chi connectivity index (χ1n) is 7.02. The van der Waals surface area contributed by atoms with E-state index in [0.717, 1.165) is 18.9 Å². The summed E-state index contributed by atoms with van der Waals surface area (Å²) in [5.41, 5.74) is 6.57. The van der Waals surface area contributed by atoms with Gasteiger partial charge in [-0.3, -0.25) is 5.41 Å². The van der Waals surface area contributed by atoms with Crippen LogP contribution in [0.3, 0.4) is 0 Å². The van der Waals surface area contributed by atoms with Crippen LogP contribution in [0.2, 0.25) is 0 Å². The van der Waals surface area contributed by atoms with E-state index in [1.807, 2.05) is 0 Å². The standard InChI is InChI=1S/C14H23N5/c1-3-14(4-2)5-9-19(10-6-14)13-11(12(15)16)17-7-8-18-13/h7-8H,3-6,9-10H2,1-2H3,(H3,15,16). The van der Waals surface area contributed by atoms with Gasteiger partial charge in [-0.25, -0.2) is 9.97 Å². The molecule has 0 aliphatic carbocycles. The Morgan fingerprint density at radius 2 is 1.84 bits per heavy atom. The number of hydrogen-bond donors (Lipinski definition) is 2. The molecule has 0 atom stereocenters. The molecule has 1 aromatic rings. The highest BCUT2D eigenvalue weighted by atomic mass is 15.2. The zero-order chi connectivity index (χ0) is 13.9. The molecule has 0 aromatic carbocycles. The number of nitrogen functional groups attached to an aromatic ring is 1. The fourth-order valence-electron chi connectivity index (χ4n) is 2.90. The number of anilines is 1. The first-order chi connectivity index (χ1) is 9.12. The van der Waals surface area contributed by atoms with Crippen molar-refractivity contribution < 1.29 is 0 Å². The number of aromatic nitrogens is 2. The Bertz CT molecular complexity index is 443. The Morgan fingerprint density at radius 3 is 2.37 bits per heavy atom. The van der Waals surface area contributed by atoms with Gasteiger partial charge in [0, 0.05) is 25.5 Å². The topological polar surface area (TPSA) is 78.9 Å². The maximum absolute atomic E-state index is 7.59. The van der Waals surface area contributed by atoms with Crippen LogP contribution >= 0.6 is 0 Å². The van der Waals surface area contributed by atoms with Crippen molar-refractivity contribution in [2.45, 2.75) is 39.5 Å². The third kappa shape index (κ3) is 2.69. The van der Waals surface area contributed by atoms with Crippen LogP contribution in [0.4, 0.5) is 5.82 Å². The molecule has 0 unspecified atom stereocenters. The minimum Gasteiger partial charge on any atom is -0.382 e. The van der Waals surface area contributed by atoms with Crippen LogP contribution < -0.4 is 10.6 Å². The number of amidine groups is 1. The largest absolute Gasteiger partial charge is 0.382 e. The molecule has 1 aromatic heterocycles. The van der Waals surface area contributed by atoms with Crippen molar-refractivity contribution in [3.8, 4) is 0 Å². The third-order valence-corrected chi connectivity index (χ3v) is 4.56. The first kappa shape index (κ1) is 13.8. The maximum atomic E-state index is 7.59. The summed E-state index contributed by atoms with van der Waals surface area (Å²) >= 11 is 0. The van der Waals surface area contributed by atoms with Gasteiger partial charge in [0.05, 0.1) is 0 Å². The lowest BCUT2D eigenvalue weighted by atomic mass is 9.74. The predicted molar refractivity (Wildman–Crippen MR) is 77.5 cm³/mol. The Labute approximate surface area is 114 Å². The summed E-state index contributed by atoms with van der Waals surface area (Å²) in [6.07, 6.45) is 8.08. The van der Waals surface area contributed by atoms with E-state index in [-0.39, 0.29) is 5.84 Å². The molecule has 5 heteroatoms. The van der Waals surface area contributed by atoms with Crippen LogP contribution in [0.15, 0.2) is 12.4 Å². The van der Waals surface area contributed by atoms with Crippen molar-refractivity contribution in [3.05, 3.63) is 18.1 Å². The van der Waals surface area contributed by atoms with Gasteiger partial charge in [-0.1, -0.05) is 26.7 Å². The summed E-state index contributed by atoms with van der Waals surface area (Å²) in [7, 11) is 0. The molecule has 0 spiro atoms. The summed E-state index contributed by atoms with van der Waals surface area (Å²) in [4.78, 5) is 10.8. The molecule has 3 N–H and O–H groups in total. The van der Waals surface area contributed by atoms with Gasteiger partial charge in [-0.05, 0) is 18.3 Å². The van der Waals surface area contributed by atoms with E-state index < -0.39 is 0 Å². The van der Waals surface area contributed by atoms with Gasteiger partial charge in [0.25, 0.3) is 0 Å². The Kier molecular flexibility index (Phi) is 4.02. The fourth-order valence-corrected chi connectivity index (χ4v) is 2.90. The lowest BCUT2D eigenvalue weighted by Crippen LogP contribution is -2.41. The average Bonchev–Trinajstić information content (AvgIpc) is 2.47. The SMILES string of the molecule is CCC1(CC)CCN(c2nccnc2C(=N)N)CC1. The van der Waals surface area contributed by atoms with Gasteiger partial charge >= 0.3 is 0 Å². The number of rotatable bonds is 4. The number of nitrogens with one attached hydrogen (secondary N) is 1. The first-order valence-corrected chi connectivity index (χ1v) is 7.02. The zero-order valence-corrected chi connectivity index (χ0v) is 11.8. The molecule has 0 saturated carbocycles. The molecule has 0 amide bonds. The summed E-state index contributed by atoms with van der Waals surface area (Å²) in [5, 5.41) is 7.59. The molecule has 0 bridgehead atoms. The molecule has 2 rings (SSSR count). The Morgan fingerprint density at radius 1 is 1.26 bits per heavy atom. The number of nitrogens with zero attached hydrogens (tertiary/aromatic N) is 3. The number of nitrogens with two attached hydrogens (primary N) is 1. The quantitative estimate of drug-likeness (QED) is 0.643. The van der Waals surface area contributed by atoms with Crippen molar-refractivity contribution in [2.75, 3.05) is 18.0 Å². The lowest BCUT2D eigenvalue weighted by Gasteiger charge is -2.41. The second kappa shape index (κ2) is 5.55. The third-order valence-electron chi connectivity index (χ3n) is 4.56. The molecule has 1 fully saturated rings. The van der Waals surface area contributed by atoms with Crippen molar-refractivity contribution >= 4 is 11.7 Å². The summed E-state index contributed by atoms with van der Waals surface area (Å²) in [5.74, 6) is 0.752. The summed E-state index contributed by atoms with van der Waals surface area (Å²) < 4.78 is 0. The van der Waals surface area contributed by atoms with Crippen molar-refractivity contribution in [1.29, 1.82) is 5.41 Å². The number of piperidine rings is 1. The van der Waals surface area contributed by atoms with Gasteiger partial charge in [0.15, 0.2) is 5.82 Å². The minimum absolute atomic E-state index is 0.00841. The van der Waals surface area contributed by atoms with Crippen LogP contribution in [0.1, 0.15) is 45.2 Å². The maximum Gasteiger partial charge on any atom is 0.158 e. The summed E-state index contributed by atoms with van der Waals surface area (Å²) in [6, 6.07) is 0. The van der Waals surface area contributed by atoms with E-state index in [0.29, 0.717) is 11.1 Å². The van der Waals surface area contributed by atoms with Gasteiger partial charge in [-0.2, -0.15) is 0 Å². The molecule has 1 saturated heterocycles. The van der Waals surface area contributed by atoms with E-state index in [1.54, 1.807) is 12.4 Å². The smallest absolute Gasteiger partial charge is 0.158 e. The second-order valence-electron chi connectivity index (χ2n) is 5.34. The van der Waals surface area contributed by atoms with Crippen LogP contribution in [0, 0.1) is 10.8 Å². The molecule has 1 aliphatic rings. The average molecular weight is 261 g/mol. The molecule has 5 nitrogen and oxygen atoms in total. The van der Waals surface area contributed by atoms with E-state index in [1.165, 1.54) is 25.7 Å². The van der Waals surface area contributed by atoms with E-state index >= 15 is 0 Å². The predicted octanol–water partition coefficient (Wildman–Crippen LogP) is 2.17. The fraction of sp³-hybridized carbons (Fsp3) is 0.643. The summed E-state index contributed by atoms with van der Waals surface area (Å²) in [6.45, 7) is 6.51. The molecule has 104 valence electrons. The Balaban J connectivity index is 2.16. The molecule has 1 aliphatic heterocycles. The van der Waals surface area contributed by atoms with Crippen molar-refractivity contribution in [1.82, 2.24) is 9.97 Å². The van der Waals surface area contributed by atoms with Crippen LogP contribution in [0.5, 0.6) is 0 Å². The van der Waals surface area contributed by atoms with E-state index in [9.17, 15) is 0 Å². The van der Waals surface area contributed by atoms with Gasteiger partial charge < -0.3 is 10.6 Å². The van der Waals surface area contributed by atoms with Gasteiger partial charge in [0.1, 0.15) is 11.5 Å². The van der Waals surface area contributed by atoms with E-state index in [4.69, 9.17) is 11.1 Å².